The van der Waals surface area contributed by atoms with E-state index in [-0.39, 0.29) is 0 Å². The Morgan fingerprint density at radius 2 is 2.00 bits per heavy atom. The minimum atomic E-state index is 0.311. The summed E-state index contributed by atoms with van der Waals surface area (Å²) in [6, 6.07) is 10.1. The molecular weight excluding hydrogens is 246 g/mol. The number of rotatable bonds is 5. The van der Waals surface area contributed by atoms with Crippen molar-refractivity contribution in [2.45, 2.75) is 44.2 Å². The number of hydrogen-bond acceptors (Lipinski definition) is 3. The molecule has 0 aromatic heterocycles. The molecule has 0 atom stereocenters. The summed E-state index contributed by atoms with van der Waals surface area (Å²) >= 11 is 0. The second-order valence-corrected chi connectivity index (χ2v) is 6.10. The molecule has 1 N–H and O–H groups in total. The summed E-state index contributed by atoms with van der Waals surface area (Å²) in [6.45, 7) is 1.86. The first-order valence-corrected chi connectivity index (χ1v) is 7.53. The van der Waals surface area contributed by atoms with Crippen LogP contribution in [0.1, 0.15) is 43.2 Å². The lowest BCUT2D eigenvalue weighted by molar-refractivity contribution is 0.0984. The molecule has 1 aliphatic rings. The largest absolute Gasteiger partial charge is 0.311 e. The smallest absolute Gasteiger partial charge is 0.0991 e. The molecule has 3 nitrogen and oxygen atoms in total. The molecule has 20 heavy (non-hydrogen) atoms. The molecule has 2 rings (SSSR count). The molecule has 0 aliphatic heterocycles. The predicted octanol–water partition coefficient (Wildman–Crippen LogP) is 2.91. The van der Waals surface area contributed by atoms with E-state index in [0.717, 1.165) is 18.7 Å². The van der Waals surface area contributed by atoms with Crippen molar-refractivity contribution in [1.29, 1.82) is 5.26 Å². The van der Waals surface area contributed by atoms with Gasteiger partial charge in [-0.25, -0.2) is 0 Å². The van der Waals surface area contributed by atoms with E-state index in [4.69, 9.17) is 5.26 Å². The van der Waals surface area contributed by atoms with Crippen molar-refractivity contribution in [2.24, 2.45) is 0 Å². The van der Waals surface area contributed by atoms with Crippen LogP contribution in [-0.4, -0.2) is 31.1 Å². The third-order valence-corrected chi connectivity index (χ3v) is 4.57. The highest BCUT2D eigenvalue weighted by Gasteiger charge is 2.33. The van der Waals surface area contributed by atoms with Crippen molar-refractivity contribution < 1.29 is 0 Å². The Morgan fingerprint density at radius 3 is 2.65 bits per heavy atom. The second kappa shape index (κ2) is 6.88. The molecule has 1 saturated carbocycles. The molecule has 1 aromatic carbocycles. The Kier molecular flexibility index (Phi) is 5.17. The zero-order valence-corrected chi connectivity index (χ0v) is 12.7. The van der Waals surface area contributed by atoms with E-state index in [1.54, 1.807) is 0 Å². The van der Waals surface area contributed by atoms with Crippen LogP contribution in [0.2, 0.25) is 0 Å². The number of nitrogens with one attached hydrogen (secondary N) is 1. The quantitative estimate of drug-likeness (QED) is 0.895. The lowest BCUT2D eigenvalue weighted by Crippen LogP contribution is -2.52. The lowest BCUT2D eigenvalue weighted by Gasteiger charge is -2.43. The van der Waals surface area contributed by atoms with Crippen LogP contribution in [0.25, 0.3) is 0 Å². The number of hydrogen-bond donors (Lipinski definition) is 1. The van der Waals surface area contributed by atoms with E-state index < -0.39 is 0 Å². The summed E-state index contributed by atoms with van der Waals surface area (Å²) in [5.74, 6) is 0. The van der Waals surface area contributed by atoms with Crippen LogP contribution in [0, 0.1) is 11.3 Å². The van der Waals surface area contributed by atoms with E-state index >= 15 is 0 Å². The number of nitriles is 1. The average molecular weight is 271 g/mol. The molecule has 0 bridgehead atoms. The topological polar surface area (TPSA) is 39.1 Å². The molecule has 108 valence electrons. The minimum absolute atomic E-state index is 0.311. The van der Waals surface area contributed by atoms with E-state index in [9.17, 15) is 0 Å². The van der Waals surface area contributed by atoms with Gasteiger partial charge in [0.05, 0.1) is 11.6 Å². The Hall–Kier alpha value is -1.37. The maximum absolute atomic E-state index is 8.93. The van der Waals surface area contributed by atoms with Crippen molar-refractivity contribution in [2.75, 3.05) is 20.6 Å². The van der Waals surface area contributed by atoms with Crippen LogP contribution in [0.15, 0.2) is 24.3 Å². The van der Waals surface area contributed by atoms with Gasteiger partial charge in [-0.05, 0) is 44.6 Å². The van der Waals surface area contributed by atoms with E-state index in [1.165, 1.54) is 37.7 Å². The van der Waals surface area contributed by atoms with E-state index in [1.807, 2.05) is 18.2 Å². The monoisotopic (exact) mass is 271 g/mol. The summed E-state index contributed by atoms with van der Waals surface area (Å²) in [7, 11) is 4.40. The van der Waals surface area contributed by atoms with E-state index in [0.29, 0.717) is 5.54 Å². The highest BCUT2D eigenvalue weighted by atomic mass is 15.2. The van der Waals surface area contributed by atoms with E-state index in [2.05, 4.69) is 36.4 Å². The first-order valence-electron chi connectivity index (χ1n) is 7.53. The summed E-state index contributed by atoms with van der Waals surface area (Å²) < 4.78 is 0. The van der Waals surface area contributed by atoms with Gasteiger partial charge < -0.3 is 10.2 Å². The SMILES string of the molecule is CN(C)C1(CNCc2cccc(C#N)c2)CCCCC1. The molecule has 0 amide bonds. The maximum atomic E-state index is 8.93. The zero-order chi connectivity index (χ0) is 14.4. The van der Waals surface area contributed by atoms with Crippen LogP contribution in [0.5, 0.6) is 0 Å². The molecule has 0 saturated heterocycles. The molecule has 0 spiro atoms. The van der Waals surface area contributed by atoms with Gasteiger partial charge in [-0.3, -0.25) is 0 Å². The van der Waals surface area contributed by atoms with Crippen molar-refractivity contribution >= 4 is 0 Å². The van der Waals surface area contributed by atoms with Gasteiger partial charge in [0.2, 0.25) is 0 Å². The fraction of sp³-hybridized carbons (Fsp3) is 0.588. The van der Waals surface area contributed by atoms with Crippen LogP contribution in [0.3, 0.4) is 0 Å². The average Bonchev–Trinajstić information content (AvgIpc) is 2.48. The fourth-order valence-corrected chi connectivity index (χ4v) is 3.18. The molecular formula is C17H25N3. The van der Waals surface area contributed by atoms with Crippen LogP contribution >= 0.6 is 0 Å². The van der Waals surface area contributed by atoms with Crippen molar-refractivity contribution in [3.05, 3.63) is 35.4 Å². The second-order valence-electron chi connectivity index (χ2n) is 6.10. The summed E-state index contributed by atoms with van der Waals surface area (Å²) in [4.78, 5) is 2.39. The number of benzene rings is 1. The number of nitrogens with zero attached hydrogens (tertiary/aromatic N) is 2. The molecule has 3 heteroatoms. The van der Waals surface area contributed by atoms with Crippen molar-refractivity contribution in [3.63, 3.8) is 0 Å². The molecule has 1 fully saturated rings. The van der Waals surface area contributed by atoms with Gasteiger partial charge in [0.1, 0.15) is 0 Å². The highest BCUT2D eigenvalue weighted by Crippen LogP contribution is 2.31. The Balaban J connectivity index is 1.91. The van der Waals surface area contributed by atoms with Crippen molar-refractivity contribution in [1.82, 2.24) is 10.2 Å². The summed E-state index contributed by atoms with van der Waals surface area (Å²) in [6.07, 6.45) is 6.61. The van der Waals surface area contributed by atoms with Gasteiger partial charge in [0, 0.05) is 18.6 Å². The number of likely N-dealkylation sites (N-methyl/N-ethyl adjacent to an activating group) is 1. The first kappa shape index (κ1) is 15.0. The molecule has 0 heterocycles. The third-order valence-electron chi connectivity index (χ3n) is 4.57. The molecule has 0 unspecified atom stereocenters. The molecule has 1 aliphatic carbocycles. The summed E-state index contributed by atoms with van der Waals surface area (Å²) in [5, 5.41) is 12.5. The van der Waals surface area contributed by atoms with Gasteiger partial charge in [0.15, 0.2) is 0 Å². The van der Waals surface area contributed by atoms with Gasteiger partial charge in [-0.15, -0.1) is 0 Å². The molecule has 0 radical (unpaired) electrons. The van der Waals surface area contributed by atoms with Gasteiger partial charge in [-0.1, -0.05) is 31.4 Å². The van der Waals surface area contributed by atoms with Gasteiger partial charge in [-0.2, -0.15) is 5.26 Å². The summed E-state index contributed by atoms with van der Waals surface area (Å²) in [5.41, 5.74) is 2.24. The standard InChI is InChI=1S/C17H25N3/c1-20(2)17(9-4-3-5-10-17)14-19-13-16-8-6-7-15(11-16)12-18/h6-8,11,19H,3-5,9-10,13-14H2,1-2H3. The molecule has 1 aromatic rings. The van der Waals surface area contributed by atoms with Crippen molar-refractivity contribution in [3.8, 4) is 6.07 Å². The van der Waals surface area contributed by atoms with Crippen LogP contribution in [0.4, 0.5) is 0 Å². The third kappa shape index (κ3) is 3.59. The Labute approximate surface area is 122 Å². The van der Waals surface area contributed by atoms with Crippen LogP contribution in [-0.2, 0) is 6.54 Å². The van der Waals surface area contributed by atoms with Crippen LogP contribution < -0.4 is 5.32 Å². The zero-order valence-electron chi connectivity index (χ0n) is 12.7. The minimum Gasteiger partial charge on any atom is -0.311 e. The normalized spacial score (nSPS) is 17.9. The Morgan fingerprint density at radius 1 is 1.25 bits per heavy atom. The predicted molar refractivity (Wildman–Crippen MR) is 82.4 cm³/mol. The first-order chi connectivity index (χ1) is 9.66. The lowest BCUT2D eigenvalue weighted by atomic mass is 9.80. The highest BCUT2D eigenvalue weighted by molar-refractivity contribution is 5.32. The maximum Gasteiger partial charge on any atom is 0.0991 e. The Bertz CT molecular complexity index is 467. The van der Waals surface area contributed by atoms with Gasteiger partial charge in [0.25, 0.3) is 0 Å². The van der Waals surface area contributed by atoms with Gasteiger partial charge >= 0.3 is 0 Å². The fourth-order valence-electron chi connectivity index (χ4n) is 3.18.